The lowest BCUT2D eigenvalue weighted by Crippen LogP contribution is -2.14. The summed E-state index contributed by atoms with van der Waals surface area (Å²) in [6.07, 6.45) is 2.62. The first-order valence-corrected chi connectivity index (χ1v) is 8.14. The van der Waals surface area contributed by atoms with Gasteiger partial charge in [0.05, 0.1) is 0 Å². The normalized spacial score (nSPS) is 14.4. The number of halogens is 1. The van der Waals surface area contributed by atoms with E-state index in [1.165, 1.54) is 40.3 Å². The van der Waals surface area contributed by atoms with Crippen LogP contribution in [0.25, 0.3) is 0 Å². The van der Waals surface area contributed by atoms with Gasteiger partial charge in [0.15, 0.2) is 0 Å². The Morgan fingerprint density at radius 1 is 1.29 bits per heavy atom. The lowest BCUT2D eigenvalue weighted by Gasteiger charge is -2.08. The number of hydrogen-bond donors (Lipinski definition) is 1. The highest BCUT2D eigenvalue weighted by molar-refractivity contribution is 7.12. The van der Waals surface area contributed by atoms with E-state index in [1.54, 1.807) is 6.07 Å². The molecule has 1 N–H and O–H groups in total. The monoisotopic (exact) mass is 305 g/mol. The first kappa shape index (κ1) is 14.5. The Morgan fingerprint density at radius 2 is 2.10 bits per heavy atom. The maximum Gasteiger partial charge on any atom is 0.123 e. The van der Waals surface area contributed by atoms with E-state index in [9.17, 15) is 4.39 Å². The van der Waals surface area contributed by atoms with Crippen molar-refractivity contribution in [2.75, 3.05) is 0 Å². The van der Waals surface area contributed by atoms with Crippen molar-refractivity contribution in [3.8, 4) is 5.75 Å². The van der Waals surface area contributed by atoms with Gasteiger partial charge in [0.2, 0.25) is 0 Å². The Bertz CT molecular complexity index is 634. The molecule has 3 rings (SSSR count). The van der Waals surface area contributed by atoms with E-state index in [0.717, 1.165) is 23.9 Å². The molecule has 21 heavy (non-hydrogen) atoms. The summed E-state index contributed by atoms with van der Waals surface area (Å²) >= 11 is 1.82. The molecule has 1 fully saturated rings. The molecular formula is C17H20FNOS. The fourth-order valence-corrected chi connectivity index (χ4v) is 3.28. The largest absolute Gasteiger partial charge is 0.489 e. The molecule has 1 aromatic heterocycles. The summed E-state index contributed by atoms with van der Waals surface area (Å²) in [6.45, 7) is 5.48. The summed E-state index contributed by atoms with van der Waals surface area (Å²) in [5, 5.41) is 3.53. The molecule has 1 aliphatic rings. The van der Waals surface area contributed by atoms with Crippen LogP contribution < -0.4 is 10.1 Å². The molecule has 2 aromatic rings. The van der Waals surface area contributed by atoms with Crippen LogP contribution in [-0.2, 0) is 13.2 Å². The van der Waals surface area contributed by atoms with Crippen LogP contribution in [0, 0.1) is 19.7 Å². The van der Waals surface area contributed by atoms with Crippen LogP contribution in [0.3, 0.4) is 0 Å². The molecule has 0 saturated heterocycles. The Labute approximate surface area is 129 Å². The first-order valence-electron chi connectivity index (χ1n) is 7.32. The van der Waals surface area contributed by atoms with E-state index >= 15 is 0 Å². The summed E-state index contributed by atoms with van der Waals surface area (Å²) in [7, 11) is 0. The highest BCUT2D eigenvalue weighted by Gasteiger charge is 2.20. The maximum atomic E-state index is 13.1. The molecule has 2 nitrogen and oxygen atoms in total. The third kappa shape index (κ3) is 3.83. The van der Waals surface area contributed by atoms with Gasteiger partial charge in [0.1, 0.15) is 18.2 Å². The fourth-order valence-electron chi connectivity index (χ4n) is 2.28. The number of thiophene rings is 1. The minimum Gasteiger partial charge on any atom is -0.489 e. The Hall–Kier alpha value is -1.39. The first-order chi connectivity index (χ1) is 10.1. The van der Waals surface area contributed by atoms with Crippen molar-refractivity contribution < 1.29 is 9.13 Å². The zero-order valence-corrected chi connectivity index (χ0v) is 13.2. The zero-order chi connectivity index (χ0) is 14.8. The SMILES string of the molecule is Cc1cc(F)ccc1OCc1cc(CNC2CC2)sc1C. The number of nitrogens with one attached hydrogen (secondary N) is 1. The number of hydrogen-bond acceptors (Lipinski definition) is 3. The van der Waals surface area contributed by atoms with Gasteiger partial charge in [0, 0.05) is 27.9 Å². The van der Waals surface area contributed by atoms with Crippen LogP contribution >= 0.6 is 11.3 Å². The molecule has 1 aromatic carbocycles. The van der Waals surface area contributed by atoms with Crippen LogP contribution in [0.5, 0.6) is 5.75 Å². The van der Waals surface area contributed by atoms with Crippen LogP contribution in [0.2, 0.25) is 0 Å². The second-order valence-corrected chi connectivity index (χ2v) is 6.99. The standard InChI is InChI=1S/C17H20FNOS/c1-11-7-14(18)3-6-17(11)20-10-13-8-16(21-12(13)2)9-19-15-4-5-15/h3,6-8,15,19H,4-5,9-10H2,1-2H3. The molecule has 1 saturated carbocycles. The lowest BCUT2D eigenvalue weighted by atomic mass is 10.2. The van der Waals surface area contributed by atoms with E-state index in [4.69, 9.17) is 4.74 Å². The van der Waals surface area contributed by atoms with Gasteiger partial charge < -0.3 is 10.1 Å². The molecule has 0 unspecified atom stereocenters. The smallest absolute Gasteiger partial charge is 0.123 e. The van der Waals surface area contributed by atoms with Gasteiger partial charge in [-0.1, -0.05) is 0 Å². The van der Waals surface area contributed by atoms with Gasteiger partial charge >= 0.3 is 0 Å². The summed E-state index contributed by atoms with van der Waals surface area (Å²) in [4.78, 5) is 2.65. The average molecular weight is 305 g/mol. The molecule has 1 heterocycles. The Balaban J connectivity index is 1.61. The summed E-state index contributed by atoms with van der Waals surface area (Å²) in [6, 6.07) is 7.58. The third-order valence-electron chi connectivity index (χ3n) is 3.73. The van der Waals surface area contributed by atoms with Gasteiger partial charge in [0.25, 0.3) is 0 Å². The van der Waals surface area contributed by atoms with E-state index in [1.807, 2.05) is 18.3 Å². The average Bonchev–Trinajstić information content (AvgIpc) is 3.20. The van der Waals surface area contributed by atoms with Crippen LogP contribution in [0.1, 0.15) is 33.7 Å². The minimum absolute atomic E-state index is 0.222. The summed E-state index contributed by atoms with van der Waals surface area (Å²) in [5.74, 6) is 0.527. The number of rotatable bonds is 6. The summed E-state index contributed by atoms with van der Waals surface area (Å²) < 4.78 is 18.9. The second kappa shape index (κ2) is 6.16. The van der Waals surface area contributed by atoms with Crippen molar-refractivity contribution in [2.45, 2.75) is 45.9 Å². The quantitative estimate of drug-likeness (QED) is 0.857. The minimum atomic E-state index is -0.222. The molecule has 0 amide bonds. The summed E-state index contributed by atoms with van der Waals surface area (Å²) in [5.41, 5.74) is 2.05. The highest BCUT2D eigenvalue weighted by Crippen LogP contribution is 2.26. The van der Waals surface area contributed by atoms with Gasteiger partial charge in [-0.3, -0.25) is 0 Å². The van der Waals surface area contributed by atoms with E-state index in [-0.39, 0.29) is 5.82 Å². The fraction of sp³-hybridized carbons (Fsp3) is 0.412. The van der Waals surface area contributed by atoms with Gasteiger partial charge in [-0.05, 0) is 56.5 Å². The van der Waals surface area contributed by atoms with Crippen molar-refractivity contribution >= 4 is 11.3 Å². The predicted octanol–water partition coefficient (Wildman–Crippen LogP) is 4.34. The topological polar surface area (TPSA) is 21.3 Å². The van der Waals surface area contributed by atoms with E-state index < -0.39 is 0 Å². The van der Waals surface area contributed by atoms with Crippen molar-refractivity contribution in [3.05, 3.63) is 51.0 Å². The number of ether oxygens (including phenoxy) is 1. The van der Waals surface area contributed by atoms with Crippen molar-refractivity contribution in [3.63, 3.8) is 0 Å². The van der Waals surface area contributed by atoms with Gasteiger partial charge in [-0.15, -0.1) is 11.3 Å². The molecule has 4 heteroatoms. The van der Waals surface area contributed by atoms with Crippen molar-refractivity contribution in [1.29, 1.82) is 0 Å². The Morgan fingerprint density at radius 3 is 2.81 bits per heavy atom. The van der Waals surface area contributed by atoms with Crippen LogP contribution in [0.15, 0.2) is 24.3 Å². The molecule has 1 aliphatic carbocycles. The van der Waals surface area contributed by atoms with E-state index in [2.05, 4.69) is 18.3 Å². The maximum absolute atomic E-state index is 13.1. The highest BCUT2D eigenvalue weighted by atomic mass is 32.1. The predicted molar refractivity (Wildman–Crippen MR) is 84.4 cm³/mol. The Kier molecular flexibility index (Phi) is 4.27. The van der Waals surface area contributed by atoms with Crippen molar-refractivity contribution in [1.82, 2.24) is 5.32 Å². The van der Waals surface area contributed by atoms with Crippen LogP contribution in [0.4, 0.5) is 4.39 Å². The third-order valence-corrected chi connectivity index (χ3v) is 4.83. The molecule has 0 aliphatic heterocycles. The lowest BCUT2D eigenvalue weighted by molar-refractivity contribution is 0.303. The molecule has 0 spiro atoms. The molecule has 112 valence electrons. The van der Waals surface area contributed by atoms with Crippen LogP contribution in [-0.4, -0.2) is 6.04 Å². The zero-order valence-electron chi connectivity index (χ0n) is 12.4. The second-order valence-electron chi connectivity index (χ2n) is 5.65. The van der Waals surface area contributed by atoms with Gasteiger partial charge in [-0.25, -0.2) is 4.39 Å². The van der Waals surface area contributed by atoms with Gasteiger partial charge in [-0.2, -0.15) is 0 Å². The number of benzene rings is 1. The molecular weight excluding hydrogens is 285 g/mol. The van der Waals surface area contributed by atoms with E-state index in [0.29, 0.717) is 6.61 Å². The molecule has 0 atom stereocenters. The molecule has 0 bridgehead atoms. The number of aryl methyl sites for hydroxylation is 2. The van der Waals surface area contributed by atoms with Crippen molar-refractivity contribution in [2.24, 2.45) is 0 Å². The molecule has 0 radical (unpaired) electrons.